The third-order valence-electron chi connectivity index (χ3n) is 6.23. The molecule has 2 aliphatic heterocycles. The summed E-state index contributed by atoms with van der Waals surface area (Å²) >= 11 is 0. The number of unbranched alkanes of at least 4 members (excludes halogenated alkanes) is 5. The maximum Gasteiger partial charge on any atom is 0.305 e. The molecule has 0 amide bonds. The fraction of sp³-hybridized carbons (Fsp3) is 0.909. The molecule has 14 nitrogen and oxygen atoms in total. The lowest BCUT2D eigenvalue weighted by atomic mass is 9.97. The van der Waals surface area contributed by atoms with Crippen molar-refractivity contribution in [2.75, 3.05) is 13.2 Å². The number of esters is 1. The zero-order valence-corrected chi connectivity index (χ0v) is 19.9. The lowest BCUT2D eigenvalue weighted by Gasteiger charge is -2.45. The van der Waals surface area contributed by atoms with Gasteiger partial charge in [0.25, 0.3) is 0 Å². The van der Waals surface area contributed by atoms with Crippen LogP contribution in [0.15, 0.2) is 0 Å². The van der Waals surface area contributed by atoms with E-state index in [2.05, 4.69) is 0 Å². The summed E-state index contributed by atoms with van der Waals surface area (Å²) in [5.74, 6) is -1.39. The van der Waals surface area contributed by atoms with E-state index in [1.54, 1.807) is 0 Å². The second-order valence-electron chi connectivity index (χ2n) is 9.04. The van der Waals surface area contributed by atoms with Crippen molar-refractivity contribution < 1.29 is 69.4 Å². The molecular formula is C22H38O14. The summed E-state index contributed by atoms with van der Waals surface area (Å²) in [4.78, 5) is 22.5. The Morgan fingerprint density at radius 3 is 1.92 bits per heavy atom. The highest BCUT2D eigenvalue weighted by Gasteiger charge is 2.50. The van der Waals surface area contributed by atoms with E-state index < -0.39 is 86.6 Å². The molecule has 0 radical (unpaired) electrons. The summed E-state index contributed by atoms with van der Waals surface area (Å²) < 4.78 is 21.0. The van der Waals surface area contributed by atoms with E-state index in [0.717, 1.165) is 25.7 Å². The van der Waals surface area contributed by atoms with Gasteiger partial charge in [0.15, 0.2) is 12.6 Å². The van der Waals surface area contributed by atoms with Crippen LogP contribution >= 0.6 is 0 Å². The van der Waals surface area contributed by atoms with Gasteiger partial charge in [-0.25, -0.2) is 0 Å². The number of carboxylic acids is 1. The second kappa shape index (κ2) is 15.1. The largest absolute Gasteiger partial charge is 0.481 e. The molecule has 0 aromatic rings. The van der Waals surface area contributed by atoms with Gasteiger partial charge < -0.3 is 59.8 Å². The molecule has 2 aliphatic rings. The second-order valence-corrected chi connectivity index (χ2v) is 9.04. The van der Waals surface area contributed by atoms with E-state index >= 15 is 0 Å². The first-order valence-corrected chi connectivity index (χ1v) is 12.1. The maximum atomic E-state index is 12.0. The van der Waals surface area contributed by atoms with Crippen molar-refractivity contribution in [1.29, 1.82) is 0 Å². The van der Waals surface area contributed by atoms with Crippen LogP contribution in [0, 0.1) is 0 Å². The van der Waals surface area contributed by atoms with Crippen LogP contribution in [-0.2, 0) is 28.5 Å². The summed E-state index contributed by atoms with van der Waals surface area (Å²) in [5, 5.41) is 78.3. The molecule has 10 atom stereocenters. The van der Waals surface area contributed by atoms with E-state index in [0.29, 0.717) is 12.8 Å². The maximum absolute atomic E-state index is 12.0. The molecule has 2 heterocycles. The van der Waals surface area contributed by atoms with Gasteiger partial charge in [-0.05, 0) is 12.8 Å². The Labute approximate surface area is 208 Å². The minimum atomic E-state index is -1.79. The van der Waals surface area contributed by atoms with Crippen LogP contribution < -0.4 is 0 Å². The average Bonchev–Trinajstić information content (AvgIpc) is 2.84. The molecule has 2 rings (SSSR count). The Balaban J connectivity index is 1.79. The zero-order valence-electron chi connectivity index (χ0n) is 19.9. The Bertz CT molecular complexity index is 675. The van der Waals surface area contributed by atoms with E-state index in [-0.39, 0.29) is 12.8 Å². The molecule has 0 saturated carbocycles. The summed E-state index contributed by atoms with van der Waals surface area (Å²) in [5.41, 5.74) is 0. The predicted molar refractivity (Wildman–Crippen MR) is 117 cm³/mol. The van der Waals surface area contributed by atoms with Crippen LogP contribution in [0.3, 0.4) is 0 Å². The van der Waals surface area contributed by atoms with Gasteiger partial charge in [0.1, 0.15) is 55.4 Å². The standard InChI is InChI=1S/C22H38O14/c23-9-11-20(17(29)18(30)21(32)34-11)36-22-19(31)16(28)15(27)12(35-22)10-33-14(26)8-6-4-2-1-3-5-7-13(24)25/h11-12,15-23,27-32H,1-10H2,(H,24,25)/t11-,12-,15-,16+,17-,18-,19-,20-,21-,22+/m1/s1. The van der Waals surface area contributed by atoms with Crippen LogP contribution in [0.25, 0.3) is 0 Å². The van der Waals surface area contributed by atoms with Gasteiger partial charge in [0.05, 0.1) is 6.61 Å². The Morgan fingerprint density at radius 2 is 1.31 bits per heavy atom. The molecule has 2 fully saturated rings. The van der Waals surface area contributed by atoms with Crippen molar-refractivity contribution in [3.05, 3.63) is 0 Å². The first kappa shape index (κ1) is 30.8. The quantitative estimate of drug-likeness (QED) is 0.0854. The highest BCUT2D eigenvalue weighted by molar-refractivity contribution is 5.69. The van der Waals surface area contributed by atoms with Gasteiger partial charge >= 0.3 is 11.9 Å². The summed E-state index contributed by atoms with van der Waals surface area (Å²) in [6.45, 7) is -1.18. The number of rotatable bonds is 14. The summed E-state index contributed by atoms with van der Waals surface area (Å²) in [6.07, 6.45) is -11.6. The zero-order chi connectivity index (χ0) is 26.8. The molecule has 36 heavy (non-hydrogen) atoms. The van der Waals surface area contributed by atoms with E-state index in [1.807, 2.05) is 0 Å². The van der Waals surface area contributed by atoms with Crippen LogP contribution in [-0.4, -0.2) is 127 Å². The fourth-order valence-corrected chi connectivity index (χ4v) is 4.06. The number of aliphatic hydroxyl groups excluding tert-OH is 7. The van der Waals surface area contributed by atoms with E-state index in [9.17, 15) is 45.3 Å². The third-order valence-corrected chi connectivity index (χ3v) is 6.23. The van der Waals surface area contributed by atoms with Gasteiger partial charge in [-0.1, -0.05) is 25.7 Å². The van der Waals surface area contributed by atoms with Crippen molar-refractivity contribution in [3.63, 3.8) is 0 Å². The normalized spacial score (nSPS) is 37.0. The first-order valence-electron chi connectivity index (χ1n) is 12.1. The van der Waals surface area contributed by atoms with E-state index in [1.165, 1.54) is 0 Å². The number of hydrogen-bond acceptors (Lipinski definition) is 13. The minimum absolute atomic E-state index is 0.104. The molecule has 8 N–H and O–H groups in total. The van der Waals surface area contributed by atoms with Gasteiger partial charge in [-0.3, -0.25) is 9.59 Å². The van der Waals surface area contributed by atoms with Crippen LogP contribution in [0.1, 0.15) is 51.4 Å². The van der Waals surface area contributed by atoms with Gasteiger partial charge in [-0.15, -0.1) is 0 Å². The number of hydrogen-bond donors (Lipinski definition) is 8. The molecule has 0 aromatic heterocycles. The van der Waals surface area contributed by atoms with Crippen LogP contribution in [0.5, 0.6) is 0 Å². The molecule has 0 unspecified atom stereocenters. The Hall–Kier alpha value is -1.46. The molecule has 0 bridgehead atoms. The SMILES string of the molecule is O=C(O)CCCCCCCCC(=O)OC[C@H]1O[C@@H](O[C@H]2[C@H](O)[C@@H](O)[C@H](O)O[C@@H]2CO)[C@H](O)[C@@H](O)[C@@H]1O. The molecular weight excluding hydrogens is 488 g/mol. The monoisotopic (exact) mass is 526 g/mol. The van der Waals surface area contributed by atoms with Crippen LogP contribution in [0.4, 0.5) is 0 Å². The molecule has 0 aliphatic carbocycles. The topological polar surface area (TPSA) is 233 Å². The van der Waals surface area contributed by atoms with Crippen molar-refractivity contribution in [3.8, 4) is 0 Å². The molecule has 0 aromatic carbocycles. The van der Waals surface area contributed by atoms with Crippen molar-refractivity contribution >= 4 is 11.9 Å². The lowest BCUT2D eigenvalue weighted by molar-refractivity contribution is -0.355. The Kier molecular flexibility index (Phi) is 12.9. The Morgan fingerprint density at radius 1 is 0.694 bits per heavy atom. The molecule has 0 spiro atoms. The lowest BCUT2D eigenvalue weighted by Crippen LogP contribution is -2.64. The number of carbonyl (C=O) groups is 2. The smallest absolute Gasteiger partial charge is 0.305 e. The first-order chi connectivity index (χ1) is 17.1. The highest BCUT2D eigenvalue weighted by atomic mass is 16.7. The van der Waals surface area contributed by atoms with Gasteiger partial charge in [0.2, 0.25) is 0 Å². The molecule has 210 valence electrons. The average molecular weight is 527 g/mol. The molecule has 14 heteroatoms. The van der Waals surface area contributed by atoms with Gasteiger partial charge in [-0.2, -0.15) is 0 Å². The van der Waals surface area contributed by atoms with Gasteiger partial charge in [0, 0.05) is 12.8 Å². The number of carboxylic acid groups (broad SMARTS) is 1. The van der Waals surface area contributed by atoms with Crippen molar-refractivity contribution in [2.24, 2.45) is 0 Å². The molecule has 2 saturated heterocycles. The highest BCUT2D eigenvalue weighted by Crippen LogP contribution is 2.28. The fourth-order valence-electron chi connectivity index (χ4n) is 4.06. The summed E-state index contributed by atoms with van der Waals surface area (Å²) in [6, 6.07) is 0. The van der Waals surface area contributed by atoms with Crippen molar-refractivity contribution in [2.45, 2.75) is 113 Å². The predicted octanol–water partition coefficient (Wildman–Crippen LogP) is -2.64. The van der Waals surface area contributed by atoms with E-state index in [4.69, 9.17) is 24.1 Å². The summed E-state index contributed by atoms with van der Waals surface area (Å²) in [7, 11) is 0. The number of aliphatic carboxylic acids is 1. The number of aliphatic hydroxyl groups is 7. The number of ether oxygens (including phenoxy) is 4. The number of carbonyl (C=O) groups excluding carboxylic acids is 1. The van der Waals surface area contributed by atoms with Crippen molar-refractivity contribution in [1.82, 2.24) is 0 Å². The third kappa shape index (κ3) is 8.83. The van der Waals surface area contributed by atoms with Crippen LogP contribution in [0.2, 0.25) is 0 Å². The minimum Gasteiger partial charge on any atom is -0.481 e.